The molecule has 3 heterocycles. The van der Waals surface area contributed by atoms with Gasteiger partial charge < -0.3 is 19.1 Å². The van der Waals surface area contributed by atoms with E-state index in [1.165, 1.54) is 11.7 Å². The molecule has 0 saturated carbocycles. The summed E-state index contributed by atoms with van der Waals surface area (Å²) in [4.78, 5) is 36.1. The molecule has 120 valence electrons. The molecule has 0 bridgehead atoms. The van der Waals surface area contributed by atoms with Crippen molar-refractivity contribution >= 4 is 17.4 Å². The molecule has 1 saturated heterocycles. The summed E-state index contributed by atoms with van der Waals surface area (Å²) < 4.78 is 6.54. The monoisotopic (exact) mass is 315 g/mol. The lowest BCUT2D eigenvalue weighted by atomic mass is 10.2. The number of nitrogens with zero attached hydrogens (tertiary/aromatic N) is 5. The average Bonchev–Trinajstić information content (AvgIpc) is 2.57. The van der Waals surface area contributed by atoms with Gasteiger partial charge >= 0.3 is 0 Å². The molecule has 1 fully saturated rings. The summed E-state index contributed by atoms with van der Waals surface area (Å²) in [6.45, 7) is 1.10. The molecule has 1 amide bonds. The van der Waals surface area contributed by atoms with Crippen molar-refractivity contribution in [1.82, 2.24) is 14.5 Å². The molecule has 3 rings (SSSR count). The van der Waals surface area contributed by atoms with Gasteiger partial charge in [-0.2, -0.15) is 0 Å². The van der Waals surface area contributed by atoms with Crippen molar-refractivity contribution in [1.29, 1.82) is 0 Å². The topological polar surface area (TPSA) is 80.6 Å². The molecule has 23 heavy (non-hydrogen) atoms. The zero-order valence-electron chi connectivity index (χ0n) is 13.0. The van der Waals surface area contributed by atoms with Gasteiger partial charge in [0.25, 0.3) is 5.56 Å². The third kappa shape index (κ3) is 2.87. The van der Waals surface area contributed by atoms with Crippen LogP contribution < -0.4 is 20.1 Å². The number of piperazine rings is 1. The van der Waals surface area contributed by atoms with Gasteiger partial charge in [0.05, 0.1) is 19.3 Å². The first-order valence-corrected chi connectivity index (χ1v) is 7.17. The molecule has 0 spiro atoms. The lowest BCUT2D eigenvalue weighted by molar-refractivity contribution is -0.117. The van der Waals surface area contributed by atoms with Gasteiger partial charge in [-0.05, 0) is 6.07 Å². The second kappa shape index (κ2) is 6.07. The zero-order valence-corrected chi connectivity index (χ0v) is 13.0. The predicted molar refractivity (Wildman–Crippen MR) is 84.8 cm³/mol. The van der Waals surface area contributed by atoms with Crippen LogP contribution in [-0.4, -0.2) is 47.2 Å². The Morgan fingerprint density at radius 3 is 2.74 bits per heavy atom. The summed E-state index contributed by atoms with van der Waals surface area (Å²) in [6.07, 6.45) is 4.75. The first-order chi connectivity index (χ1) is 11.1. The normalized spacial score (nSPS) is 15.0. The Labute approximate surface area is 132 Å². The van der Waals surface area contributed by atoms with E-state index in [0.29, 0.717) is 24.8 Å². The third-order valence-corrected chi connectivity index (χ3v) is 3.76. The second-order valence-electron chi connectivity index (χ2n) is 5.19. The van der Waals surface area contributed by atoms with E-state index < -0.39 is 0 Å². The molecule has 0 atom stereocenters. The Morgan fingerprint density at radius 2 is 2.00 bits per heavy atom. The summed E-state index contributed by atoms with van der Waals surface area (Å²) in [5.74, 6) is 0.656. The van der Waals surface area contributed by atoms with Crippen molar-refractivity contribution in [3.8, 4) is 5.88 Å². The molecular weight excluding hydrogens is 298 g/mol. The smallest absolute Gasteiger partial charge is 0.293 e. The molecule has 0 radical (unpaired) electrons. The average molecular weight is 315 g/mol. The molecule has 8 heteroatoms. The minimum absolute atomic E-state index is 0.0998. The maximum absolute atomic E-state index is 12.5. The number of carbonyl (C=O) groups excluding carboxylic acids is 1. The standard InChI is InChI=1S/C15H17N5O3/c1-18-6-5-17-14(15(18)22)19-7-8-20(13(21)10-19)11-3-4-16-12(9-11)23-2/h3-6,9H,7-8,10H2,1-2H3. The maximum atomic E-state index is 12.5. The van der Waals surface area contributed by atoms with E-state index in [2.05, 4.69) is 9.97 Å². The molecule has 1 aliphatic rings. The molecule has 8 nitrogen and oxygen atoms in total. The first kappa shape index (κ1) is 15.0. The van der Waals surface area contributed by atoms with Gasteiger partial charge in [0.2, 0.25) is 11.8 Å². The van der Waals surface area contributed by atoms with Crippen LogP contribution in [0.1, 0.15) is 0 Å². The number of aryl methyl sites for hydroxylation is 1. The number of methoxy groups -OCH3 is 1. The number of anilines is 2. The van der Waals surface area contributed by atoms with Gasteiger partial charge in [-0.1, -0.05) is 0 Å². The Morgan fingerprint density at radius 1 is 1.17 bits per heavy atom. The second-order valence-corrected chi connectivity index (χ2v) is 5.19. The lowest BCUT2D eigenvalue weighted by Crippen LogP contribution is -2.52. The van der Waals surface area contributed by atoms with Crippen molar-refractivity contribution in [2.45, 2.75) is 0 Å². The van der Waals surface area contributed by atoms with E-state index >= 15 is 0 Å². The highest BCUT2D eigenvalue weighted by molar-refractivity contribution is 5.97. The summed E-state index contributed by atoms with van der Waals surface area (Å²) in [5.41, 5.74) is 0.523. The predicted octanol–water partition coefficient (Wildman–Crippen LogP) is 0.0371. The van der Waals surface area contributed by atoms with Gasteiger partial charge in [0.15, 0.2) is 5.82 Å². The number of hydrogen-bond donors (Lipinski definition) is 0. The number of aromatic nitrogens is 3. The molecule has 0 N–H and O–H groups in total. The molecule has 0 unspecified atom stereocenters. The van der Waals surface area contributed by atoms with Crippen molar-refractivity contribution < 1.29 is 9.53 Å². The minimum atomic E-state index is -0.209. The van der Waals surface area contributed by atoms with Crippen LogP contribution in [0, 0.1) is 0 Å². The first-order valence-electron chi connectivity index (χ1n) is 7.17. The van der Waals surface area contributed by atoms with Crippen LogP contribution in [0.15, 0.2) is 35.5 Å². The number of ether oxygens (including phenoxy) is 1. The van der Waals surface area contributed by atoms with E-state index in [9.17, 15) is 9.59 Å². The minimum Gasteiger partial charge on any atom is -0.481 e. The Balaban J connectivity index is 1.81. The van der Waals surface area contributed by atoms with Crippen molar-refractivity contribution in [3.63, 3.8) is 0 Å². The highest BCUT2D eigenvalue weighted by Crippen LogP contribution is 2.21. The summed E-state index contributed by atoms with van der Waals surface area (Å²) in [5, 5.41) is 0. The third-order valence-electron chi connectivity index (χ3n) is 3.76. The highest BCUT2D eigenvalue weighted by atomic mass is 16.5. The Bertz CT molecular complexity index is 789. The van der Waals surface area contributed by atoms with Crippen LogP contribution >= 0.6 is 0 Å². The molecule has 0 aromatic carbocycles. The fraction of sp³-hybridized carbons (Fsp3) is 0.333. The van der Waals surface area contributed by atoms with Crippen LogP contribution in [0.3, 0.4) is 0 Å². The summed E-state index contributed by atoms with van der Waals surface area (Å²) in [6, 6.07) is 3.48. The Hall–Kier alpha value is -2.90. The summed E-state index contributed by atoms with van der Waals surface area (Å²) in [7, 11) is 3.19. The van der Waals surface area contributed by atoms with E-state index in [1.807, 2.05) is 0 Å². The lowest BCUT2D eigenvalue weighted by Gasteiger charge is -2.34. The van der Waals surface area contributed by atoms with Crippen LogP contribution in [0.4, 0.5) is 11.5 Å². The van der Waals surface area contributed by atoms with Gasteiger partial charge in [-0.3, -0.25) is 9.59 Å². The van der Waals surface area contributed by atoms with Gasteiger partial charge in [0, 0.05) is 44.8 Å². The van der Waals surface area contributed by atoms with Crippen molar-refractivity contribution in [3.05, 3.63) is 41.1 Å². The van der Waals surface area contributed by atoms with Crippen molar-refractivity contribution in [2.24, 2.45) is 7.05 Å². The molecule has 0 aliphatic carbocycles. The van der Waals surface area contributed by atoms with E-state index in [-0.39, 0.29) is 18.0 Å². The van der Waals surface area contributed by atoms with Crippen LogP contribution in [0.25, 0.3) is 0 Å². The number of pyridine rings is 1. The van der Waals surface area contributed by atoms with E-state index in [0.717, 1.165) is 5.69 Å². The van der Waals surface area contributed by atoms with E-state index in [4.69, 9.17) is 4.74 Å². The van der Waals surface area contributed by atoms with Gasteiger partial charge in [-0.15, -0.1) is 0 Å². The zero-order chi connectivity index (χ0) is 16.4. The highest BCUT2D eigenvalue weighted by Gasteiger charge is 2.27. The molecule has 1 aliphatic heterocycles. The largest absolute Gasteiger partial charge is 0.481 e. The summed E-state index contributed by atoms with van der Waals surface area (Å²) >= 11 is 0. The molecule has 2 aromatic heterocycles. The van der Waals surface area contributed by atoms with Crippen LogP contribution in [0.5, 0.6) is 5.88 Å². The number of carbonyl (C=O) groups is 1. The fourth-order valence-corrected chi connectivity index (χ4v) is 2.51. The molecule has 2 aromatic rings. The van der Waals surface area contributed by atoms with E-state index in [1.54, 1.807) is 47.6 Å². The maximum Gasteiger partial charge on any atom is 0.293 e. The number of amides is 1. The quantitative estimate of drug-likeness (QED) is 0.795. The Kier molecular flexibility index (Phi) is 3.96. The fourth-order valence-electron chi connectivity index (χ4n) is 2.51. The van der Waals surface area contributed by atoms with Gasteiger partial charge in [-0.25, -0.2) is 9.97 Å². The number of hydrogen-bond acceptors (Lipinski definition) is 6. The van der Waals surface area contributed by atoms with Crippen molar-refractivity contribution in [2.75, 3.05) is 36.5 Å². The van der Waals surface area contributed by atoms with Crippen LogP contribution in [-0.2, 0) is 11.8 Å². The van der Waals surface area contributed by atoms with Gasteiger partial charge in [0.1, 0.15) is 0 Å². The SMILES string of the molecule is COc1cc(N2CCN(c3nccn(C)c3=O)CC2=O)ccn1. The van der Waals surface area contributed by atoms with Crippen LogP contribution in [0.2, 0.25) is 0 Å². The molecular formula is C15H17N5O3. The number of rotatable bonds is 3.